The Balaban J connectivity index is 2.33. The van der Waals surface area contributed by atoms with Crippen molar-refractivity contribution in [3.8, 4) is 0 Å². The molecule has 1 heterocycles. The predicted octanol–water partition coefficient (Wildman–Crippen LogP) is 1.11. The number of anilines is 2. The summed E-state index contributed by atoms with van der Waals surface area (Å²) in [6.07, 6.45) is 1.13. The van der Waals surface area contributed by atoms with Gasteiger partial charge in [0, 0.05) is 0 Å². The number of rotatable bonds is 5. The number of nitrogens with one attached hydrogen (secondary N) is 1. The fourth-order valence-corrected chi connectivity index (χ4v) is 1.76. The van der Waals surface area contributed by atoms with Gasteiger partial charge in [0.1, 0.15) is 6.33 Å². The van der Waals surface area contributed by atoms with Crippen molar-refractivity contribution in [1.29, 1.82) is 0 Å². The first kappa shape index (κ1) is 13.7. The molecular weight excluding hydrogens is 262 g/mol. The molecule has 4 N–H and O–H groups in total. The quantitative estimate of drug-likeness (QED) is 0.551. The maximum atomic E-state index is 11.0. The van der Waals surface area contributed by atoms with Crippen LogP contribution in [0.4, 0.5) is 17.3 Å². The summed E-state index contributed by atoms with van der Waals surface area (Å²) >= 11 is 0. The highest BCUT2D eigenvalue weighted by atomic mass is 16.6. The minimum absolute atomic E-state index is 0.0228. The average Bonchev–Trinajstić information content (AvgIpc) is 2.45. The third-order valence-electron chi connectivity index (χ3n) is 2.73. The third-order valence-corrected chi connectivity index (χ3v) is 2.73. The van der Waals surface area contributed by atoms with Crippen molar-refractivity contribution in [2.24, 2.45) is 0 Å². The van der Waals surface area contributed by atoms with Crippen molar-refractivity contribution in [2.75, 3.05) is 17.7 Å². The Hall–Kier alpha value is -2.74. The lowest BCUT2D eigenvalue weighted by atomic mass is 10.1. The molecule has 8 heteroatoms. The smallest absolute Gasteiger partial charge is 0.353 e. The Morgan fingerprint density at radius 1 is 1.35 bits per heavy atom. The van der Waals surface area contributed by atoms with Gasteiger partial charge in [-0.1, -0.05) is 30.3 Å². The van der Waals surface area contributed by atoms with E-state index in [2.05, 4.69) is 15.3 Å². The van der Waals surface area contributed by atoms with Gasteiger partial charge in [-0.3, -0.25) is 10.1 Å². The molecule has 1 unspecified atom stereocenters. The van der Waals surface area contributed by atoms with Crippen LogP contribution in [0.5, 0.6) is 0 Å². The summed E-state index contributed by atoms with van der Waals surface area (Å²) in [7, 11) is 0. The normalized spacial score (nSPS) is 11.8. The molecule has 0 bridgehead atoms. The summed E-state index contributed by atoms with van der Waals surface area (Å²) in [5.41, 5.74) is 5.86. The maximum absolute atomic E-state index is 11.0. The predicted molar refractivity (Wildman–Crippen MR) is 73.0 cm³/mol. The summed E-state index contributed by atoms with van der Waals surface area (Å²) in [4.78, 5) is 17.7. The zero-order valence-corrected chi connectivity index (χ0v) is 10.4. The van der Waals surface area contributed by atoms with Gasteiger partial charge in [-0.2, -0.15) is 0 Å². The van der Waals surface area contributed by atoms with Crippen molar-refractivity contribution < 1.29 is 10.0 Å². The Bertz CT molecular complexity index is 605. The molecule has 1 atom stereocenters. The number of nitrogens with zero attached hydrogens (tertiary/aromatic N) is 3. The first-order chi connectivity index (χ1) is 9.63. The van der Waals surface area contributed by atoms with Crippen LogP contribution in [0, 0.1) is 10.1 Å². The monoisotopic (exact) mass is 275 g/mol. The number of hydrogen-bond donors (Lipinski definition) is 3. The van der Waals surface area contributed by atoms with Crippen LogP contribution < -0.4 is 11.1 Å². The number of aromatic nitrogens is 2. The maximum Gasteiger partial charge on any atom is 0.353 e. The van der Waals surface area contributed by atoms with Crippen molar-refractivity contribution in [3.63, 3.8) is 0 Å². The van der Waals surface area contributed by atoms with Gasteiger partial charge < -0.3 is 16.2 Å². The highest BCUT2D eigenvalue weighted by Crippen LogP contribution is 2.29. The lowest BCUT2D eigenvalue weighted by Gasteiger charge is -2.17. The zero-order valence-electron chi connectivity index (χ0n) is 10.4. The van der Waals surface area contributed by atoms with Gasteiger partial charge in [0.2, 0.25) is 11.6 Å². The highest BCUT2D eigenvalue weighted by molar-refractivity contribution is 5.67. The SMILES string of the molecule is Nc1ncnc(NC(CO)c2ccccc2)c1[N+](=O)[O-]. The summed E-state index contributed by atoms with van der Waals surface area (Å²) in [5.74, 6) is -0.248. The van der Waals surface area contributed by atoms with Crippen LogP contribution in [0.15, 0.2) is 36.7 Å². The minimum Gasteiger partial charge on any atom is -0.394 e. The van der Waals surface area contributed by atoms with Crippen LogP contribution >= 0.6 is 0 Å². The number of benzene rings is 1. The lowest BCUT2D eigenvalue weighted by Crippen LogP contribution is -2.17. The molecule has 20 heavy (non-hydrogen) atoms. The molecule has 0 saturated carbocycles. The van der Waals surface area contributed by atoms with Gasteiger partial charge in [-0.15, -0.1) is 0 Å². The van der Waals surface area contributed by atoms with Gasteiger partial charge >= 0.3 is 5.69 Å². The average molecular weight is 275 g/mol. The number of hydrogen-bond acceptors (Lipinski definition) is 7. The van der Waals surface area contributed by atoms with Crippen LogP contribution in [0.3, 0.4) is 0 Å². The second-order valence-electron chi connectivity index (χ2n) is 4.00. The summed E-state index contributed by atoms with van der Waals surface area (Å²) in [6, 6.07) is 8.52. The van der Waals surface area contributed by atoms with E-state index in [0.29, 0.717) is 0 Å². The zero-order chi connectivity index (χ0) is 14.5. The molecule has 2 rings (SSSR count). The fraction of sp³-hybridized carbons (Fsp3) is 0.167. The largest absolute Gasteiger partial charge is 0.394 e. The van der Waals surface area contributed by atoms with E-state index in [0.717, 1.165) is 11.9 Å². The van der Waals surface area contributed by atoms with Crippen LogP contribution in [-0.2, 0) is 0 Å². The van der Waals surface area contributed by atoms with E-state index in [1.165, 1.54) is 0 Å². The molecule has 0 fully saturated rings. The molecule has 0 saturated heterocycles. The van der Waals surface area contributed by atoms with E-state index >= 15 is 0 Å². The molecule has 8 nitrogen and oxygen atoms in total. The Kier molecular flexibility index (Phi) is 4.06. The number of nitrogen functional groups attached to an aromatic ring is 1. The minimum atomic E-state index is -0.656. The van der Waals surface area contributed by atoms with Gasteiger partial charge in [0.25, 0.3) is 0 Å². The van der Waals surface area contributed by atoms with E-state index in [4.69, 9.17) is 5.73 Å². The second kappa shape index (κ2) is 5.93. The first-order valence-corrected chi connectivity index (χ1v) is 5.80. The molecule has 2 aromatic rings. The van der Waals surface area contributed by atoms with Crippen molar-refractivity contribution in [3.05, 3.63) is 52.3 Å². The molecule has 0 aliphatic carbocycles. The Morgan fingerprint density at radius 3 is 2.65 bits per heavy atom. The van der Waals surface area contributed by atoms with E-state index in [-0.39, 0.29) is 18.2 Å². The van der Waals surface area contributed by atoms with Crippen molar-refractivity contribution >= 4 is 17.3 Å². The van der Waals surface area contributed by atoms with Crippen LogP contribution in [0.25, 0.3) is 0 Å². The Morgan fingerprint density at radius 2 is 2.05 bits per heavy atom. The lowest BCUT2D eigenvalue weighted by molar-refractivity contribution is -0.383. The summed E-state index contributed by atoms with van der Waals surface area (Å²) in [6.45, 7) is -0.245. The van der Waals surface area contributed by atoms with Crippen molar-refractivity contribution in [2.45, 2.75) is 6.04 Å². The summed E-state index contributed by atoms with van der Waals surface area (Å²) in [5, 5.41) is 23.2. The molecule has 104 valence electrons. The topological polar surface area (TPSA) is 127 Å². The van der Waals surface area contributed by atoms with Crippen LogP contribution in [-0.4, -0.2) is 26.6 Å². The van der Waals surface area contributed by atoms with Gasteiger partial charge in [-0.05, 0) is 5.56 Å². The van der Waals surface area contributed by atoms with E-state index in [1.54, 1.807) is 12.1 Å². The van der Waals surface area contributed by atoms with E-state index < -0.39 is 16.7 Å². The molecular formula is C12H13N5O3. The third kappa shape index (κ3) is 2.81. The van der Waals surface area contributed by atoms with Gasteiger partial charge in [0.15, 0.2) is 0 Å². The Labute approximate surface area is 114 Å². The molecule has 1 aromatic carbocycles. The number of nitro groups is 1. The van der Waals surface area contributed by atoms with Crippen LogP contribution in [0.1, 0.15) is 11.6 Å². The second-order valence-corrected chi connectivity index (χ2v) is 4.00. The first-order valence-electron chi connectivity index (χ1n) is 5.80. The molecule has 0 radical (unpaired) electrons. The molecule has 0 amide bonds. The molecule has 0 aliphatic heterocycles. The standard InChI is InChI=1S/C12H13N5O3/c13-11-10(17(19)20)12(15-7-14-11)16-9(6-18)8-4-2-1-3-5-8/h1-5,7,9,18H,6H2,(H3,13,14,15,16). The van der Waals surface area contributed by atoms with Crippen LogP contribution in [0.2, 0.25) is 0 Å². The molecule has 1 aromatic heterocycles. The van der Waals surface area contributed by atoms with Gasteiger partial charge in [-0.25, -0.2) is 9.97 Å². The molecule has 0 aliphatic rings. The van der Waals surface area contributed by atoms with Gasteiger partial charge in [0.05, 0.1) is 17.6 Å². The number of aliphatic hydroxyl groups is 1. The van der Waals surface area contributed by atoms with Crippen molar-refractivity contribution in [1.82, 2.24) is 9.97 Å². The molecule has 0 spiro atoms. The number of nitrogens with two attached hydrogens (primary N) is 1. The summed E-state index contributed by atoms with van der Waals surface area (Å²) < 4.78 is 0. The fourth-order valence-electron chi connectivity index (χ4n) is 1.76. The number of aliphatic hydroxyl groups excluding tert-OH is 1. The highest BCUT2D eigenvalue weighted by Gasteiger charge is 2.23. The van der Waals surface area contributed by atoms with E-state index in [1.807, 2.05) is 18.2 Å². The van der Waals surface area contributed by atoms with E-state index in [9.17, 15) is 15.2 Å².